The molecule has 25 heavy (non-hydrogen) atoms. The third kappa shape index (κ3) is 3.61. The quantitative estimate of drug-likeness (QED) is 0.651. The highest BCUT2D eigenvalue weighted by Crippen LogP contribution is 2.23. The van der Waals surface area contributed by atoms with Gasteiger partial charge in [0, 0.05) is 4.47 Å². The summed E-state index contributed by atoms with van der Waals surface area (Å²) >= 11 is 3.42. The summed E-state index contributed by atoms with van der Waals surface area (Å²) in [6.45, 7) is 2.36. The Labute approximate surface area is 151 Å². The average Bonchev–Trinajstić information content (AvgIpc) is 2.58. The summed E-state index contributed by atoms with van der Waals surface area (Å²) in [4.78, 5) is 24.1. The predicted octanol–water partition coefficient (Wildman–Crippen LogP) is 3.11. The van der Waals surface area contributed by atoms with Crippen LogP contribution >= 0.6 is 15.9 Å². The minimum atomic E-state index is -0.708. The van der Waals surface area contributed by atoms with E-state index in [1.807, 2.05) is 13.0 Å². The minimum Gasteiger partial charge on any atom is -0.497 e. The smallest absolute Gasteiger partial charge is 0.422 e. The van der Waals surface area contributed by atoms with Crippen LogP contribution in [0.2, 0.25) is 0 Å². The number of methoxy groups -OCH3 is 1. The van der Waals surface area contributed by atoms with Crippen molar-refractivity contribution in [1.82, 2.24) is 4.57 Å². The first kappa shape index (κ1) is 17.3. The fourth-order valence-corrected chi connectivity index (χ4v) is 3.36. The largest absolute Gasteiger partial charge is 0.497 e. The van der Waals surface area contributed by atoms with E-state index in [1.165, 1.54) is 4.57 Å². The standard InChI is InChI=1S/C18H16BrNO5/c1-11-9-14-16(15(19)10-11)20(18(22)25-17(14)21)7-8-24-13-5-3-12(23-2)4-6-13/h3-6,9-10H,7-8H2,1-2H3. The van der Waals surface area contributed by atoms with E-state index in [0.717, 1.165) is 11.3 Å². The van der Waals surface area contributed by atoms with Gasteiger partial charge >= 0.3 is 11.4 Å². The number of fused-ring (bicyclic) bond motifs is 1. The van der Waals surface area contributed by atoms with Crippen molar-refractivity contribution in [3.8, 4) is 11.5 Å². The number of aromatic nitrogens is 1. The SMILES string of the molecule is COc1ccc(OCCn2c(=O)oc(=O)c3cc(C)cc(Br)c32)cc1. The first-order chi connectivity index (χ1) is 12.0. The van der Waals surface area contributed by atoms with Crippen LogP contribution in [-0.4, -0.2) is 18.3 Å². The highest BCUT2D eigenvalue weighted by Gasteiger charge is 2.13. The molecule has 0 aliphatic rings. The van der Waals surface area contributed by atoms with Crippen molar-refractivity contribution in [1.29, 1.82) is 0 Å². The number of benzene rings is 2. The molecule has 7 heteroatoms. The Morgan fingerprint density at radius 1 is 1.12 bits per heavy atom. The van der Waals surface area contributed by atoms with E-state index < -0.39 is 11.4 Å². The predicted molar refractivity (Wildman–Crippen MR) is 97.7 cm³/mol. The fourth-order valence-electron chi connectivity index (χ4n) is 2.58. The molecule has 0 radical (unpaired) electrons. The molecule has 0 atom stereocenters. The highest BCUT2D eigenvalue weighted by atomic mass is 79.9. The van der Waals surface area contributed by atoms with Gasteiger partial charge in [0.25, 0.3) is 0 Å². The number of hydrogen-bond acceptors (Lipinski definition) is 5. The van der Waals surface area contributed by atoms with E-state index in [1.54, 1.807) is 37.4 Å². The van der Waals surface area contributed by atoms with Crippen LogP contribution in [0.25, 0.3) is 10.9 Å². The van der Waals surface area contributed by atoms with Crippen LogP contribution in [0.4, 0.5) is 0 Å². The lowest BCUT2D eigenvalue weighted by Crippen LogP contribution is -2.27. The lowest BCUT2D eigenvalue weighted by Gasteiger charge is -2.12. The summed E-state index contributed by atoms with van der Waals surface area (Å²) in [6, 6.07) is 10.7. The van der Waals surface area contributed by atoms with E-state index >= 15 is 0 Å². The molecular formula is C18H16BrNO5. The van der Waals surface area contributed by atoms with Crippen molar-refractivity contribution < 1.29 is 13.9 Å². The van der Waals surface area contributed by atoms with Crippen molar-refractivity contribution in [3.63, 3.8) is 0 Å². The zero-order valence-corrected chi connectivity index (χ0v) is 15.3. The Balaban J connectivity index is 1.88. The van der Waals surface area contributed by atoms with E-state index in [4.69, 9.17) is 13.9 Å². The van der Waals surface area contributed by atoms with Crippen molar-refractivity contribution in [3.05, 3.63) is 67.4 Å². The zero-order chi connectivity index (χ0) is 18.0. The summed E-state index contributed by atoms with van der Waals surface area (Å²) in [5, 5.41) is 0.357. The van der Waals surface area contributed by atoms with Gasteiger partial charge in [-0.2, -0.15) is 0 Å². The van der Waals surface area contributed by atoms with Gasteiger partial charge in [-0.05, 0) is 64.8 Å². The summed E-state index contributed by atoms with van der Waals surface area (Å²) in [5.74, 6) is 0.685. The second kappa shape index (κ2) is 7.14. The Hall–Kier alpha value is -2.54. The molecule has 0 unspecified atom stereocenters. The molecule has 0 saturated carbocycles. The zero-order valence-electron chi connectivity index (χ0n) is 13.7. The Morgan fingerprint density at radius 3 is 2.48 bits per heavy atom. The maximum atomic E-state index is 12.1. The molecule has 0 bridgehead atoms. The van der Waals surface area contributed by atoms with Crippen LogP contribution in [-0.2, 0) is 6.54 Å². The molecule has 2 aromatic carbocycles. The molecule has 0 N–H and O–H groups in total. The van der Waals surface area contributed by atoms with Gasteiger partial charge in [-0.1, -0.05) is 0 Å². The number of nitrogens with zero attached hydrogens (tertiary/aromatic N) is 1. The number of halogens is 1. The number of rotatable bonds is 5. The number of ether oxygens (including phenoxy) is 2. The minimum absolute atomic E-state index is 0.243. The molecule has 1 aromatic heterocycles. The van der Waals surface area contributed by atoms with Crippen LogP contribution in [0.1, 0.15) is 5.56 Å². The Bertz CT molecular complexity index is 1020. The van der Waals surface area contributed by atoms with Gasteiger partial charge in [-0.3, -0.25) is 4.57 Å². The van der Waals surface area contributed by atoms with E-state index in [2.05, 4.69) is 15.9 Å². The second-order valence-electron chi connectivity index (χ2n) is 5.47. The summed E-state index contributed by atoms with van der Waals surface area (Å²) in [5.41, 5.74) is 0.758. The van der Waals surface area contributed by atoms with Crippen LogP contribution in [0.5, 0.6) is 11.5 Å². The molecule has 0 fully saturated rings. The lowest BCUT2D eigenvalue weighted by molar-refractivity contribution is 0.287. The monoisotopic (exact) mass is 405 g/mol. The topological polar surface area (TPSA) is 70.7 Å². The molecular weight excluding hydrogens is 390 g/mol. The summed E-state index contributed by atoms with van der Waals surface area (Å²) in [7, 11) is 1.59. The van der Waals surface area contributed by atoms with Crippen LogP contribution < -0.4 is 20.9 Å². The second-order valence-corrected chi connectivity index (χ2v) is 6.33. The molecule has 0 saturated heterocycles. The average molecular weight is 406 g/mol. The van der Waals surface area contributed by atoms with Gasteiger partial charge in [-0.15, -0.1) is 0 Å². The third-order valence-electron chi connectivity index (χ3n) is 3.74. The number of aryl methyl sites for hydroxylation is 1. The molecule has 130 valence electrons. The Morgan fingerprint density at radius 2 is 1.80 bits per heavy atom. The van der Waals surface area contributed by atoms with Crippen LogP contribution in [0, 0.1) is 6.92 Å². The van der Waals surface area contributed by atoms with Gasteiger partial charge in [0.05, 0.1) is 24.6 Å². The fraction of sp³-hybridized carbons (Fsp3) is 0.222. The molecule has 6 nitrogen and oxygen atoms in total. The van der Waals surface area contributed by atoms with Crippen molar-refractivity contribution in [2.75, 3.05) is 13.7 Å². The molecule has 0 aliphatic carbocycles. The highest BCUT2D eigenvalue weighted by molar-refractivity contribution is 9.10. The molecule has 0 spiro atoms. The maximum absolute atomic E-state index is 12.1. The molecule has 0 amide bonds. The van der Waals surface area contributed by atoms with E-state index in [0.29, 0.717) is 21.1 Å². The summed E-state index contributed by atoms with van der Waals surface area (Å²) in [6.07, 6.45) is 0. The van der Waals surface area contributed by atoms with E-state index in [-0.39, 0.29) is 13.2 Å². The summed E-state index contributed by atoms with van der Waals surface area (Å²) < 4.78 is 17.6. The molecule has 0 aliphatic heterocycles. The van der Waals surface area contributed by atoms with Gasteiger partial charge in [0.1, 0.15) is 18.1 Å². The maximum Gasteiger partial charge on any atom is 0.422 e. The van der Waals surface area contributed by atoms with Gasteiger partial charge in [0.2, 0.25) is 0 Å². The molecule has 3 rings (SSSR count). The first-order valence-electron chi connectivity index (χ1n) is 7.60. The van der Waals surface area contributed by atoms with Crippen molar-refractivity contribution in [2.45, 2.75) is 13.5 Å². The van der Waals surface area contributed by atoms with Crippen LogP contribution in [0.15, 0.2) is 54.9 Å². The lowest BCUT2D eigenvalue weighted by atomic mass is 10.2. The van der Waals surface area contributed by atoms with Gasteiger partial charge in [0.15, 0.2) is 0 Å². The van der Waals surface area contributed by atoms with Crippen molar-refractivity contribution in [2.24, 2.45) is 0 Å². The first-order valence-corrected chi connectivity index (χ1v) is 8.39. The Kier molecular flexibility index (Phi) is 4.94. The van der Waals surface area contributed by atoms with Gasteiger partial charge in [-0.25, -0.2) is 9.59 Å². The van der Waals surface area contributed by atoms with Crippen LogP contribution in [0.3, 0.4) is 0 Å². The van der Waals surface area contributed by atoms with E-state index in [9.17, 15) is 9.59 Å². The molecule has 3 aromatic rings. The van der Waals surface area contributed by atoms with Crippen molar-refractivity contribution >= 4 is 26.8 Å². The molecule has 1 heterocycles. The van der Waals surface area contributed by atoms with Gasteiger partial charge < -0.3 is 13.9 Å². The normalized spacial score (nSPS) is 10.8. The number of hydrogen-bond donors (Lipinski definition) is 0. The third-order valence-corrected chi connectivity index (χ3v) is 4.35.